The number of carbonyl (C=O) groups excluding carboxylic acids is 1. The second-order valence-electron chi connectivity index (χ2n) is 4.80. The Morgan fingerprint density at radius 1 is 1.14 bits per heavy atom. The second kappa shape index (κ2) is 6.60. The smallest absolute Gasteiger partial charge is 0.236 e. The van der Waals surface area contributed by atoms with E-state index in [0.717, 1.165) is 5.56 Å². The summed E-state index contributed by atoms with van der Waals surface area (Å²) in [5.41, 5.74) is 0.769. The average Bonchev–Trinajstić information content (AvgIpc) is 2.47. The van der Waals surface area contributed by atoms with Crippen LogP contribution in [0, 0.1) is 0 Å². The molecule has 1 fully saturated rings. The Balaban J connectivity index is 2.02. The van der Waals surface area contributed by atoms with Crippen molar-refractivity contribution in [1.82, 2.24) is 9.21 Å². The molecule has 1 aromatic rings. The minimum Gasteiger partial charge on any atom is -0.340 e. The number of piperazine rings is 1. The molecule has 21 heavy (non-hydrogen) atoms. The number of carbonyl (C=O) groups is 1. The summed E-state index contributed by atoms with van der Waals surface area (Å²) in [6.07, 6.45) is 1.54. The highest BCUT2D eigenvalue weighted by Gasteiger charge is 2.25. The number of benzene rings is 1. The van der Waals surface area contributed by atoms with Crippen molar-refractivity contribution >= 4 is 33.6 Å². The van der Waals surface area contributed by atoms with Gasteiger partial charge in [-0.3, -0.25) is 4.79 Å². The molecule has 0 atom stereocenters. The van der Waals surface area contributed by atoms with Gasteiger partial charge in [-0.25, -0.2) is 8.42 Å². The third-order valence-electron chi connectivity index (χ3n) is 3.35. The van der Waals surface area contributed by atoms with Crippen molar-refractivity contribution in [3.05, 3.63) is 40.3 Å². The van der Waals surface area contributed by atoms with Gasteiger partial charge in [-0.1, -0.05) is 23.7 Å². The number of amides is 1. The highest BCUT2D eigenvalue weighted by atomic mass is 35.5. The highest BCUT2D eigenvalue weighted by Crippen LogP contribution is 2.14. The van der Waals surface area contributed by atoms with E-state index in [4.69, 9.17) is 11.6 Å². The molecule has 5 nitrogen and oxygen atoms in total. The lowest BCUT2D eigenvalue weighted by atomic mass is 10.2. The van der Waals surface area contributed by atoms with Crippen LogP contribution in [0.15, 0.2) is 29.7 Å². The number of rotatable bonds is 3. The second-order valence-corrected chi connectivity index (χ2v) is 7.06. The zero-order valence-corrected chi connectivity index (χ0v) is 13.3. The Hall–Kier alpha value is -1.37. The van der Waals surface area contributed by atoms with Gasteiger partial charge in [0.1, 0.15) is 0 Å². The van der Waals surface area contributed by atoms with Crippen LogP contribution in [0.3, 0.4) is 0 Å². The minimum absolute atomic E-state index is 0.0243. The van der Waals surface area contributed by atoms with Crippen molar-refractivity contribution in [2.45, 2.75) is 6.92 Å². The molecule has 0 radical (unpaired) electrons. The van der Waals surface area contributed by atoms with Gasteiger partial charge in [0, 0.05) is 43.5 Å². The molecule has 0 saturated carbocycles. The molecule has 0 spiro atoms. The molecule has 1 aliphatic rings. The molecule has 1 aromatic carbocycles. The van der Waals surface area contributed by atoms with Crippen LogP contribution in [0.25, 0.3) is 6.08 Å². The molecule has 0 N–H and O–H groups in total. The van der Waals surface area contributed by atoms with E-state index in [1.165, 1.54) is 16.6 Å². The maximum atomic E-state index is 12.2. The van der Waals surface area contributed by atoms with Gasteiger partial charge >= 0.3 is 0 Å². The Kier molecular flexibility index (Phi) is 5.03. The third-order valence-corrected chi connectivity index (χ3v) is 5.16. The summed E-state index contributed by atoms with van der Waals surface area (Å²) in [5.74, 6) is -0.0243. The first-order valence-electron chi connectivity index (χ1n) is 6.58. The first-order valence-corrected chi connectivity index (χ1v) is 8.46. The predicted molar refractivity (Wildman–Crippen MR) is 83.2 cm³/mol. The number of nitrogens with zero attached hydrogens (tertiary/aromatic N) is 2. The molecule has 0 unspecified atom stereocenters. The minimum atomic E-state index is -3.46. The maximum absolute atomic E-state index is 12.2. The lowest BCUT2D eigenvalue weighted by Gasteiger charge is -2.32. The molecule has 0 aromatic heterocycles. The van der Waals surface area contributed by atoms with Crippen LogP contribution in [0.5, 0.6) is 0 Å². The standard InChI is InChI=1S/C14H17ClN2O3S/c1-12(18)16-7-9-17(10-8-16)21(19,20)11-6-13-2-4-14(15)5-3-13/h2-6,11H,7-10H2,1H3/b11-6+. The summed E-state index contributed by atoms with van der Waals surface area (Å²) in [5, 5.41) is 1.80. The molecule has 0 bridgehead atoms. The first-order chi connectivity index (χ1) is 9.88. The summed E-state index contributed by atoms with van der Waals surface area (Å²) >= 11 is 5.78. The Morgan fingerprint density at radius 2 is 1.71 bits per heavy atom. The Bertz CT molecular complexity index is 633. The monoisotopic (exact) mass is 328 g/mol. The van der Waals surface area contributed by atoms with Crippen LogP contribution < -0.4 is 0 Å². The van der Waals surface area contributed by atoms with Crippen molar-refractivity contribution in [2.75, 3.05) is 26.2 Å². The van der Waals surface area contributed by atoms with E-state index in [-0.39, 0.29) is 5.91 Å². The predicted octanol–water partition coefficient (Wildman–Crippen LogP) is 1.80. The summed E-state index contributed by atoms with van der Waals surface area (Å²) < 4.78 is 25.8. The van der Waals surface area contributed by atoms with Crippen molar-refractivity contribution in [3.8, 4) is 0 Å². The fraction of sp³-hybridized carbons (Fsp3) is 0.357. The van der Waals surface area contributed by atoms with Crippen LogP contribution in [-0.2, 0) is 14.8 Å². The molecule has 0 aliphatic carbocycles. The van der Waals surface area contributed by atoms with Gasteiger partial charge in [0.05, 0.1) is 0 Å². The molecule has 1 saturated heterocycles. The van der Waals surface area contributed by atoms with Crippen LogP contribution in [0.1, 0.15) is 12.5 Å². The van der Waals surface area contributed by atoms with E-state index < -0.39 is 10.0 Å². The molecular formula is C14H17ClN2O3S. The lowest BCUT2D eigenvalue weighted by Crippen LogP contribution is -2.49. The van der Waals surface area contributed by atoms with Gasteiger partial charge in [0.15, 0.2) is 0 Å². The average molecular weight is 329 g/mol. The Labute approximate surface area is 129 Å². The topological polar surface area (TPSA) is 57.7 Å². The zero-order chi connectivity index (χ0) is 15.5. The SMILES string of the molecule is CC(=O)N1CCN(S(=O)(=O)/C=C/c2ccc(Cl)cc2)CC1. The van der Waals surface area contributed by atoms with Crippen LogP contribution in [0.2, 0.25) is 5.02 Å². The van der Waals surface area contributed by atoms with E-state index in [1.807, 2.05) is 0 Å². The van der Waals surface area contributed by atoms with Crippen LogP contribution in [0.4, 0.5) is 0 Å². The van der Waals surface area contributed by atoms with Gasteiger partial charge in [-0.15, -0.1) is 0 Å². The van der Waals surface area contributed by atoms with Gasteiger partial charge < -0.3 is 4.90 Å². The van der Waals surface area contributed by atoms with Crippen LogP contribution in [-0.4, -0.2) is 49.7 Å². The molecule has 1 aliphatic heterocycles. The molecule has 7 heteroatoms. The summed E-state index contributed by atoms with van der Waals surface area (Å²) in [7, 11) is -3.46. The molecule has 114 valence electrons. The zero-order valence-electron chi connectivity index (χ0n) is 11.7. The van der Waals surface area contributed by atoms with Gasteiger partial charge in [0.2, 0.25) is 15.9 Å². The summed E-state index contributed by atoms with van der Waals surface area (Å²) in [4.78, 5) is 12.9. The fourth-order valence-electron chi connectivity index (χ4n) is 2.08. The molecule has 2 rings (SSSR count). The van der Waals surface area contributed by atoms with Crippen molar-refractivity contribution < 1.29 is 13.2 Å². The summed E-state index contributed by atoms with van der Waals surface area (Å²) in [6, 6.07) is 6.92. The molecule has 1 heterocycles. The van der Waals surface area contributed by atoms with Crippen molar-refractivity contribution in [3.63, 3.8) is 0 Å². The van der Waals surface area contributed by atoms with E-state index >= 15 is 0 Å². The van der Waals surface area contributed by atoms with Gasteiger partial charge in [-0.2, -0.15) is 4.31 Å². The van der Waals surface area contributed by atoms with Crippen molar-refractivity contribution in [1.29, 1.82) is 0 Å². The number of sulfonamides is 1. The number of hydrogen-bond acceptors (Lipinski definition) is 3. The van der Waals surface area contributed by atoms with E-state index in [2.05, 4.69) is 0 Å². The van der Waals surface area contributed by atoms with E-state index in [0.29, 0.717) is 31.2 Å². The molecular weight excluding hydrogens is 312 g/mol. The number of halogens is 1. The van der Waals surface area contributed by atoms with Crippen molar-refractivity contribution in [2.24, 2.45) is 0 Å². The summed E-state index contributed by atoms with van der Waals surface area (Å²) in [6.45, 7) is 3.01. The van der Waals surface area contributed by atoms with Crippen LogP contribution >= 0.6 is 11.6 Å². The highest BCUT2D eigenvalue weighted by molar-refractivity contribution is 7.92. The fourth-order valence-corrected chi connectivity index (χ4v) is 3.38. The normalized spacial score (nSPS) is 17.3. The van der Waals surface area contributed by atoms with Gasteiger partial charge in [-0.05, 0) is 23.8 Å². The first kappa shape index (κ1) is 16.0. The number of hydrogen-bond donors (Lipinski definition) is 0. The quantitative estimate of drug-likeness (QED) is 0.850. The Morgan fingerprint density at radius 3 is 2.24 bits per heavy atom. The lowest BCUT2D eigenvalue weighted by molar-refractivity contribution is -0.129. The van der Waals surface area contributed by atoms with Gasteiger partial charge in [0.25, 0.3) is 0 Å². The third kappa shape index (κ3) is 4.30. The molecule has 1 amide bonds. The maximum Gasteiger partial charge on any atom is 0.236 e. The van der Waals surface area contributed by atoms with E-state index in [1.54, 1.807) is 35.2 Å². The van der Waals surface area contributed by atoms with E-state index in [9.17, 15) is 13.2 Å². The largest absolute Gasteiger partial charge is 0.340 e.